The van der Waals surface area contributed by atoms with E-state index < -0.39 is 16.1 Å². The van der Waals surface area contributed by atoms with Crippen molar-refractivity contribution in [2.45, 2.75) is 17.9 Å². The number of amides is 2. The van der Waals surface area contributed by atoms with E-state index in [1.54, 1.807) is 53.4 Å². The first-order chi connectivity index (χ1) is 17.2. The van der Waals surface area contributed by atoms with E-state index in [0.29, 0.717) is 23.1 Å². The van der Waals surface area contributed by atoms with Crippen LogP contribution in [0.3, 0.4) is 0 Å². The van der Waals surface area contributed by atoms with E-state index in [2.05, 4.69) is 9.71 Å². The zero-order valence-electron chi connectivity index (χ0n) is 19.2. The van der Waals surface area contributed by atoms with E-state index in [0.717, 1.165) is 0 Å². The average molecular weight is 530 g/mol. The number of nitrogens with zero attached hydrogens (tertiary/aromatic N) is 4. The first kappa shape index (κ1) is 23.9. The van der Waals surface area contributed by atoms with Crippen molar-refractivity contribution < 1.29 is 23.8 Å². The monoisotopic (exact) mass is 529 g/mol. The third kappa shape index (κ3) is 4.44. The van der Waals surface area contributed by atoms with E-state index in [4.69, 9.17) is 0 Å². The molecule has 1 aliphatic heterocycles. The van der Waals surface area contributed by atoms with Crippen LogP contribution in [-0.4, -0.2) is 54.3 Å². The molecule has 1 saturated heterocycles. The maximum atomic E-state index is 14.1. The van der Waals surface area contributed by atoms with Crippen molar-refractivity contribution in [3.8, 4) is 0 Å². The molecule has 0 spiro atoms. The third-order valence-electron chi connectivity index (χ3n) is 6.13. The molecule has 0 saturated carbocycles. The van der Waals surface area contributed by atoms with Gasteiger partial charge in [-0.1, -0.05) is 6.07 Å². The maximum absolute atomic E-state index is 14.1. The van der Waals surface area contributed by atoms with E-state index in [9.17, 15) is 22.4 Å². The van der Waals surface area contributed by atoms with Crippen LogP contribution < -0.4 is 9.62 Å². The van der Waals surface area contributed by atoms with Crippen LogP contribution in [0, 0.1) is 5.82 Å². The second-order valence-electron chi connectivity index (χ2n) is 8.31. The number of benzene rings is 2. The number of nitrogens with one attached hydrogen (secondary N) is 1. The number of aromatic nitrogens is 2. The fraction of sp³-hybridized carbons (Fsp3) is 0.208. The molecule has 1 atom stereocenters. The summed E-state index contributed by atoms with van der Waals surface area (Å²) in [7, 11) is -3.80. The molecule has 12 heteroatoms. The van der Waals surface area contributed by atoms with Gasteiger partial charge in [-0.15, -0.1) is 11.3 Å². The van der Waals surface area contributed by atoms with Crippen LogP contribution in [0.4, 0.5) is 15.2 Å². The van der Waals surface area contributed by atoms with E-state index in [1.165, 1.54) is 45.5 Å². The maximum Gasteiger partial charge on any atom is 0.263 e. The number of thiazole rings is 1. The molecule has 2 amide bonds. The predicted octanol–water partition coefficient (Wildman–Crippen LogP) is 3.72. The predicted molar refractivity (Wildman–Crippen MR) is 137 cm³/mol. The number of anilines is 2. The number of carbonyl (C=O) groups is 2. The highest BCUT2D eigenvalue weighted by molar-refractivity contribution is 7.93. The zero-order chi connectivity index (χ0) is 25.4. The second-order valence-corrected chi connectivity index (χ2v) is 10.9. The normalized spacial score (nSPS) is 15.3. The minimum Gasteiger partial charge on any atom is -0.335 e. The molecule has 1 aliphatic rings. The lowest BCUT2D eigenvalue weighted by molar-refractivity contribution is -0.139. The molecule has 0 aliphatic carbocycles. The molecule has 36 heavy (non-hydrogen) atoms. The molecule has 5 rings (SSSR count). The Hall–Kier alpha value is -3.77. The van der Waals surface area contributed by atoms with Gasteiger partial charge in [-0.25, -0.2) is 17.8 Å². The van der Waals surface area contributed by atoms with Crippen molar-refractivity contribution >= 4 is 54.9 Å². The summed E-state index contributed by atoms with van der Waals surface area (Å²) in [5.41, 5.74) is 1.15. The second kappa shape index (κ2) is 9.36. The number of fused-ring (bicyclic) bond motifs is 1. The molecule has 2 aromatic carbocycles. The Bertz CT molecular complexity index is 1540. The Morgan fingerprint density at radius 3 is 2.64 bits per heavy atom. The van der Waals surface area contributed by atoms with Crippen LogP contribution in [0.1, 0.15) is 14.4 Å². The highest BCUT2D eigenvalue weighted by Gasteiger charge is 2.31. The fourth-order valence-electron chi connectivity index (χ4n) is 4.26. The molecule has 1 N–H and O–H groups in total. The Kier molecular flexibility index (Phi) is 6.22. The summed E-state index contributed by atoms with van der Waals surface area (Å²) in [6, 6.07) is 11.7. The summed E-state index contributed by atoms with van der Waals surface area (Å²) in [5.74, 6) is -0.867. The lowest BCUT2D eigenvalue weighted by atomic mass is 10.2. The summed E-state index contributed by atoms with van der Waals surface area (Å²) in [6.07, 6.45) is 3.18. The van der Waals surface area contributed by atoms with E-state index in [1.807, 2.05) is 0 Å². The van der Waals surface area contributed by atoms with Crippen LogP contribution in [0.15, 0.2) is 71.2 Å². The van der Waals surface area contributed by atoms with Crippen molar-refractivity contribution in [2.75, 3.05) is 29.3 Å². The molecule has 2 aromatic heterocycles. The van der Waals surface area contributed by atoms with Gasteiger partial charge in [-0.05, 0) is 49.4 Å². The molecular weight excluding hydrogens is 505 g/mol. The van der Waals surface area contributed by atoms with Crippen LogP contribution in [-0.2, 0) is 19.6 Å². The SMILES string of the molecule is C[C@@H](C(=O)N1CCN(c2ccc(S(=O)(=O)Nc3nccs3)cc2)C(=O)C1)n1ccc2c(F)cccc21.[HH]. The molecule has 4 aromatic rings. The largest absolute Gasteiger partial charge is 0.335 e. The van der Waals surface area contributed by atoms with Gasteiger partial charge in [0.2, 0.25) is 11.8 Å². The smallest absolute Gasteiger partial charge is 0.263 e. The van der Waals surface area contributed by atoms with Crippen molar-refractivity contribution in [2.24, 2.45) is 0 Å². The summed E-state index contributed by atoms with van der Waals surface area (Å²) >= 11 is 1.17. The quantitative estimate of drug-likeness (QED) is 0.410. The van der Waals surface area contributed by atoms with Crippen LogP contribution in [0.5, 0.6) is 0 Å². The zero-order valence-corrected chi connectivity index (χ0v) is 20.8. The van der Waals surface area contributed by atoms with Gasteiger partial charge in [0.05, 0.1) is 10.4 Å². The lowest BCUT2D eigenvalue weighted by Crippen LogP contribution is -2.53. The standard InChI is InChI=1S/C24H22FN5O4S2.H2/c1-16(29-11-9-19-20(25)3-2-4-21(19)29)23(32)28-12-13-30(22(31)15-28)17-5-7-18(8-6-17)36(33,34)27-24-26-10-14-35-24;/h2-11,14,16H,12-13,15H2,1H3,(H,26,27);1H/t16-;/m0./s1. The van der Waals surface area contributed by atoms with Gasteiger partial charge >= 0.3 is 0 Å². The molecule has 0 radical (unpaired) electrons. The Balaban J connectivity index is 0.00000320. The summed E-state index contributed by atoms with van der Waals surface area (Å²) in [5, 5.41) is 2.37. The van der Waals surface area contributed by atoms with Crippen LogP contribution in [0.2, 0.25) is 0 Å². The van der Waals surface area contributed by atoms with Crippen molar-refractivity contribution in [3.63, 3.8) is 0 Å². The van der Waals surface area contributed by atoms with Gasteiger partial charge in [-0.3, -0.25) is 14.3 Å². The third-order valence-corrected chi connectivity index (χ3v) is 8.30. The fourth-order valence-corrected chi connectivity index (χ4v) is 6.05. The Morgan fingerprint density at radius 1 is 1.17 bits per heavy atom. The van der Waals surface area contributed by atoms with Gasteiger partial charge in [0.15, 0.2) is 5.13 Å². The van der Waals surface area contributed by atoms with Crippen molar-refractivity contribution in [1.82, 2.24) is 14.5 Å². The number of rotatable bonds is 6. The van der Waals surface area contributed by atoms with E-state index >= 15 is 0 Å². The van der Waals surface area contributed by atoms with Gasteiger partial charge < -0.3 is 14.4 Å². The first-order valence-electron chi connectivity index (χ1n) is 11.1. The first-order valence-corrected chi connectivity index (χ1v) is 13.5. The molecular formula is C24H24FN5O4S2. The summed E-state index contributed by atoms with van der Waals surface area (Å²) in [4.78, 5) is 33.1. The Morgan fingerprint density at radius 2 is 1.94 bits per heavy atom. The number of hydrogen-bond acceptors (Lipinski definition) is 6. The van der Waals surface area contributed by atoms with E-state index in [-0.39, 0.29) is 42.2 Å². The molecule has 9 nitrogen and oxygen atoms in total. The summed E-state index contributed by atoms with van der Waals surface area (Å²) in [6.45, 7) is 2.20. The molecule has 0 unspecified atom stereocenters. The highest BCUT2D eigenvalue weighted by Crippen LogP contribution is 2.26. The van der Waals surface area contributed by atoms with Crippen molar-refractivity contribution in [3.05, 3.63) is 72.1 Å². The summed E-state index contributed by atoms with van der Waals surface area (Å²) < 4.78 is 43.2. The molecule has 3 heterocycles. The molecule has 0 bridgehead atoms. The molecule has 188 valence electrons. The molecule has 1 fully saturated rings. The van der Waals surface area contributed by atoms with Gasteiger partial charge in [0.1, 0.15) is 18.4 Å². The van der Waals surface area contributed by atoms with Gasteiger partial charge in [-0.2, -0.15) is 0 Å². The van der Waals surface area contributed by atoms with Gasteiger partial charge in [0, 0.05) is 43.4 Å². The average Bonchev–Trinajstić information content (AvgIpc) is 3.53. The number of sulfonamides is 1. The minimum atomic E-state index is -3.80. The Labute approximate surface area is 212 Å². The topological polar surface area (TPSA) is 105 Å². The minimum absolute atomic E-state index is 0. The number of piperazine rings is 1. The highest BCUT2D eigenvalue weighted by atomic mass is 32.2. The number of carbonyl (C=O) groups excluding carboxylic acids is 2. The van der Waals surface area contributed by atoms with Crippen LogP contribution >= 0.6 is 11.3 Å². The number of halogens is 1. The lowest BCUT2D eigenvalue weighted by Gasteiger charge is -2.35. The van der Waals surface area contributed by atoms with Crippen LogP contribution in [0.25, 0.3) is 10.9 Å². The van der Waals surface area contributed by atoms with Crippen molar-refractivity contribution in [1.29, 1.82) is 0 Å². The number of hydrogen-bond donors (Lipinski definition) is 1. The van der Waals surface area contributed by atoms with Gasteiger partial charge in [0.25, 0.3) is 10.0 Å².